The fraction of sp³-hybridized carbons (Fsp3) is 0.348. The first-order chi connectivity index (χ1) is 16.3. The van der Waals surface area contributed by atoms with Gasteiger partial charge < -0.3 is 20.4 Å². The Morgan fingerprint density at radius 2 is 1.79 bits per heavy atom. The zero-order valence-electron chi connectivity index (χ0n) is 19.3. The number of rotatable bonds is 7. The lowest BCUT2D eigenvalue weighted by Crippen LogP contribution is -2.51. The van der Waals surface area contributed by atoms with Gasteiger partial charge in [0.2, 0.25) is 10.0 Å². The summed E-state index contributed by atoms with van der Waals surface area (Å²) in [7, 11) is -3.44. The Morgan fingerprint density at radius 3 is 2.47 bits per heavy atom. The van der Waals surface area contributed by atoms with Crippen molar-refractivity contribution in [2.24, 2.45) is 0 Å². The van der Waals surface area contributed by atoms with Gasteiger partial charge in [-0.15, -0.1) is 0 Å². The highest BCUT2D eigenvalue weighted by molar-refractivity contribution is 7.92. The van der Waals surface area contributed by atoms with Crippen LogP contribution in [0.3, 0.4) is 0 Å². The Kier molecular flexibility index (Phi) is 7.32. The second kappa shape index (κ2) is 10.4. The van der Waals surface area contributed by atoms with Gasteiger partial charge in [0.15, 0.2) is 5.11 Å². The molecule has 1 aliphatic rings. The largest absolute Gasteiger partial charge is 0.384 e. The number of hydrogen-bond donors (Lipinski definition) is 3. The first kappa shape index (κ1) is 24.0. The Labute approximate surface area is 205 Å². The van der Waals surface area contributed by atoms with Gasteiger partial charge in [-0.1, -0.05) is 30.3 Å². The molecule has 3 aromatic rings. The van der Waals surface area contributed by atoms with Crippen molar-refractivity contribution in [2.45, 2.75) is 13.5 Å². The van der Waals surface area contributed by atoms with Crippen molar-refractivity contribution in [3.8, 4) is 0 Å². The molecule has 0 unspecified atom stereocenters. The summed E-state index contributed by atoms with van der Waals surface area (Å²) in [6, 6.07) is 13.8. The number of piperazine rings is 1. The van der Waals surface area contributed by atoms with Crippen LogP contribution in [0.4, 0.5) is 17.2 Å². The predicted octanol–water partition coefficient (Wildman–Crippen LogP) is 2.63. The van der Waals surface area contributed by atoms with Crippen LogP contribution in [0, 0.1) is 0 Å². The van der Waals surface area contributed by atoms with Crippen molar-refractivity contribution in [3.05, 3.63) is 54.4 Å². The highest BCUT2D eigenvalue weighted by Gasteiger charge is 2.22. The molecule has 0 radical (unpaired) electrons. The van der Waals surface area contributed by atoms with E-state index in [0.717, 1.165) is 54.3 Å². The third kappa shape index (κ3) is 5.84. The summed E-state index contributed by atoms with van der Waals surface area (Å²) in [5, 5.41) is 8.09. The lowest BCUT2D eigenvalue weighted by Gasteiger charge is -2.37. The predicted molar refractivity (Wildman–Crippen MR) is 142 cm³/mol. The van der Waals surface area contributed by atoms with E-state index in [0.29, 0.717) is 24.5 Å². The van der Waals surface area contributed by atoms with Crippen LogP contribution < -0.4 is 20.3 Å². The quantitative estimate of drug-likeness (QED) is 0.423. The van der Waals surface area contributed by atoms with Crippen LogP contribution in [-0.2, 0) is 16.6 Å². The van der Waals surface area contributed by atoms with E-state index in [2.05, 4.69) is 47.3 Å². The van der Waals surface area contributed by atoms with Crippen molar-refractivity contribution >= 4 is 55.4 Å². The highest BCUT2D eigenvalue weighted by Crippen LogP contribution is 2.32. The van der Waals surface area contributed by atoms with Gasteiger partial charge in [0, 0.05) is 44.7 Å². The number of sulfonamides is 1. The van der Waals surface area contributed by atoms with Gasteiger partial charge in [0.25, 0.3) is 0 Å². The Morgan fingerprint density at radius 1 is 1.06 bits per heavy atom. The van der Waals surface area contributed by atoms with Gasteiger partial charge >= 0.3 is 0 Å². The van der Waals surface area contributed by atoms with E-state index >= 15 is 0 Å². The summed E-state index contributed by atoms with van der Waals surface area (Å²) in [6.45, 7) is 6.30. The van der Waals surface area contributed by atoms with E-state index in [4.69, 9.17) is 12.2 Å². The number of anilines is 3. The van der Waals surface area contributed by atoms with Crippen LogP contribution in [0.1, 0.15) is 12.5 Å². The van der Waals surface area contributed by atoms with Crippen molar-refractivity contribution < 1.29 is 8.42 Å². The molecular weight excluding hydrogens is 470 g/mol. The molecular formula is C23H29N7O2S2. The first-order valence-electron chi connectivity index (χ1n) is 11.2. The number of hydrogen-bond acceptors (Lipinski definition) is 7. The van der Waals surface area contributed by atoms with E-state index in [1.54, 1.807) is 6.33 Å². The zero-order chi connectivity index (χ0) is 24.1. The number of fused-ring (bicyclic) bond motifs is 1. The molecule has 180 valence electrons. The summed E-state index contributed by atoms with van der Waals surface area (Å²) in [6.07, 6.45) is 2.69. The average molecular weight is 500 g/mol. The molecule has 0 spiro atoms. The molecule has 3 N–H and O–H groups in total. The number of nitrogens with zero attached hydrogens (tertiary/aromatic N) is 4. The fourth-order valence-corrected chi connectivity index (χ4v) is 4.79. The molecule has 2 heterocycles. The zero-order valence-corrected chi connectivity index (χ0v) is 20.9. The van der Waals surface area contributed by atoms with Gasteiger partial charge in [0.1, 0.15) is 12.1 Å². The smallest absolute Gasteiger partial charge is 0.229 e. The molecule has 0 saturated carbocycles. The van der Waals surface area contributed by atoms with Gasteiger partial charge in [-0.05, 0) is 36.8 Å². The lowest BCUT2D eigenvalue weighted by molar-refractivity contribution is 0.379. The molecule has 9 nitrogen and oxygen atoms in total. The van der Waals surface area contributed by atoms with Crippen LogP contribution in [0.25, 0.3) is 10.9 Å². The number of thiocarbonyl (C=S) groups is 1. The lowest BCUT2D eigenvalue weighted by atomic mass is 10.1. The maximum Gasteiger partial charge on any atom is 0.229 e. The summed E-state index contributed by atoms with van der Waals surface area (Å²) in [4.78, 5) is 13.3. The van der Waals surface area contributed by atoms with E-state index in [9.17, 15) is 8.42 Å². The van der Waals surface area contributed by atoms with E-state index < -0.39 is 10.0 Å². The molecule has 1 aliphatic heterocycles. The van der Waals surface area contributed by atoms with E-state index in [1.165, 1.54) is 5.56 Å². The molecule has 4 rings (SSSR count). The second-order valence-corrected chi connectivity index (χ2v) is 10.3. The van der Waals surface area contributed by atoms with Crippen molar-refractivity contribution in [3.63, 3.8) is 0 Å². The van der Waals surface area contributed by atoms with Crippen LogP contribution in [0.2, 0.25) is 0 Å². The maximum atomic E-state index is 11.9. The highest BCUT2D eigenvalue weighted by atomic mass is 32.2. The molecule has 0 aliphatic carbocycles. The van der Waals surface area contributed by atoms with Crippen LogP contribution in [0.5, 0.6) is 0 Å². The molecule has 34 heavy (non-hydrogen) atoms. The molecule has 0 bridgehead atoms. The second-order valence-electron chi connectivity index (χ2n) is 8.14. The Bertz CT molecular complexity index is 1260. The molecule has 0 amide bonds. The Balaban J connectivity index is 1.49. The van der Waals surface area contributed by atoms with E-state index in [1.807, 2.05) is 37.3 Å². The molecule has 2 aromatic carbocycles. The van der Waals surface area contributed by atoms with Crippen LogP contribution in [-0.4, -0.2) is 67.4 Å². The summed E-state index contributed by atoms with van der Waals surface area (Å²) >= 11 is 5.61. The minimum atomic E-state index is -3.44. The average Bonchev–Trinajstić information content (AvgIpc) is 2.82. The van der Waals surface area contributed by atoms with Crippen molar-refractivity contribution in [2.75, 3.05) is 53.9 Å². The molecule has 1 saturated heterocycles. The van der Waals surface area contributed by atoms with Crippen LogP contribution >= 0.6 is 12.2 Å². The third-order valence-corrected chi connectivity index (χ3v) is 6.56. The fourth-order valence-electron chi connectivity index (χ4n) is 3.97. The summed E-state index contributed by atoms with van der Waals surface area (Å²) < 4.78 is 26.4. The van der Waals surface area contributed by atoms with Crippen molar-refractivity contribution in [1.29, 1.82) is 0 Å². The molecule has 1 aromatic heterocycles. The molecule has 11 heteroatoms. The van der Waals surface area contributed by atoms with Gasteiger partial charge in [-0.2, -0.15) is 0 Å². The minimum absolute atomic E-state index is 0.484. The number of aromatic nitrogens is 2. The monoisotopic (exact) mass is 499 g/mol. The minimum Gasteiger partial charge on any atom is -0.384 e. The molecule has 0 atom stereocenters. The van der Waals surface area contributed by atoms with Crippen molar-refractivity contribution in [1.82, 2.24) is 20.2 Å². The van der Waals surface area contributed by atoms with Gasteiger partial charge in [-0.3, -0.25) is 4.72 Å². The summed E-state index contributed by atoms with van der Waals surface area (Å²) in [5.74, 6) is 0.785. The number of benzene rings is 2. The summed E-state index contributed by atoms with van der Waals surface area (Å²) in [5.41, 5.74) is 3.11. The third-order valence-electron chi connectivity index (χ3n) is 5.57. The topological polar surface area (TPSA) is 102 Å². The first-order valence-corrected chi connectivity index (χ1v) is 13.5. The standard InChI is InChI=1S/C23H29N7O2S2/c1-3-24-20-14-19-18(13-21(20)28-34(2,31)32)22(27-16-26-19)29-9-11-30(12-10-29)23(33)25-15-17-7-5-4-6-8-17/h4-8,13-14,16,24,28H,3,9-12,15H2,1-2H3,(H,25,33). The SMILES string of the molecule is CCNc1cc2ncnc(N3CCN(C(=S)NCc4ccccc4)CC3)c2cc1NS(C)(=O)=O. The van der Waals surface area contributed by atoms with Gasteiger partial charge in [-0.25, -0.2) is 18.4 Å². The van der Waals surface area contributed by atoms with E-state index in [-0.39, 0.29) is 0 Å². The molecule has 1 fully saturated rings. The van der Waals surface area contributed by atoms with Crippen LogP contribution in [0.15, 0.2) is 48.8 Å². The normalized spacial score (nSPS) is 14.2. The maximum absolute atomic E-state index is 11.9. The number of nitrogens with one attached hydrogen (secondary N) is 3. The van der Waals surface area contributed by atoms with Gasteiger partial charge in [0.05, 0.1) is 23.1 Å². The Hall–Kier alpha value is -3.18.